The van der Waals surface area contributed by atoms with Gasteiger partial charge in [-0.2, -0.15) is 0 Å². The first-order valence-electron chi connectivity index (χ1n) is 5.16. The van der Waals surface area contributed by atoms with E-state index in [0.29, 0.717) is 0 Å². The van der Waals surface area contributed by atoms with Crippen LogP contribution in [0, 0.1) is 0 Å². The molecule has 0 saturated heterocycles. The van der Waals surface area contributed by atoms with Crippen molar-refractivity contribution in [1.82, 2.24) is 9.88 Å². The van der Waals surface area contributed by atoms with Crippen molar-refractivity contribution in [2.45, 2.75) is 19.4 Å². The zero-order valence-corrected chi connectivity index (χ0v) is 10.5. The molecule has 0 spiro atoms. The van der Waals surface area contributed by atoms with Gasteiger partial charge in [-0.05, 0) is 21.0 Å². The van der Waals surface area contributed by atoms with Crippen LogP contribution >= 0.6 is 11.3 Å². The average molecular weight is 228 g/mol. The highest BCUT2D eigenvalue weighted by atomic mass is 32.1. The molecule has 0 bridgehead atoms. The van der Waals surface area contributed by atoms with Gasteiger partial charge < -0.3 is 16.0 Å². The molecule has 86 valence electrons. The summed E-state index contributed by atoms with van der Waals surface area (Å²) in [5.74, 6) is 0. The summed E-state index contributed by atoms with van der Waals surface area (Å²) < 4.78 is 0. The molecule has 3 N–H and O–H groups in total. The molecule has 1 aromatic rings. The van der Waals surface area contributed by atoms with E-state index >= 15 is 0 Å². The van der Waals surface area contributed by atoms with Gasteiger partial charge in [-0.25, -0.2) is 4.98 Å². The van der Waals surface area contributed by atoms with Crippen LogP contribution < -0.4 is 11.1 Å². The Balaban J connectivity index is 2.33. The predicted molar refractivity (Wildman–Crippen MR) is 66.5 cm³/mol. The van der Waals surface area contributed by atoms with Crippen molar-refractivity contribution in [2.75, 3.05) is 32.5 Å². The van der Waals surface area contributed by atoms with Gasteiger partial charge in [-0.3, -0.25) is 0 Å². The van der Waals surface area contributed by atoms with E-state index < -0.39 is 0 Å². The van der Waals surface area contributed by atoms with E-state index in [1.165, 1.54) is 0 Å². The quantitative estimate of drug-likeness (QED) is 0.763. The standard InChI is InChI=1S/C10H20N4S/c1-8(11)6-9-7-15-10(13-9)12-4-5-14(2)3/h7-8H,4-6,11H2,1-3H3,(H,12,13). The van der Waals surface area contributed by atoms with Crippen LogP contribution in [0.4, 0.5) is 5.13 Å². The minimum atomic E-state index is 0.182. The molecule has 1 atom stereocenters. The molecule has 1 aromatic heterocycles. The molecule has 1 rings (SSSR count). The molecule has 15 heavy (non-hydrogen) atoms. The molecule has 0 radical (unpaired) electrons. The maximum absolute atomic E-state index is 5.71. The number of likely N-dealkylation sites (N-methyl/N-ethyl adjacent to an activating group) is 1. The third-order valence-electron chi connectivity index (χ3n) is 1.92. The second-order valence-corrected chi connectivity index (χ2v) is 4.91. The molecule has 4 nitrogen and oxygen atoms in total. The number of nitrogens with zero attached hydrogens (tertiary/aromatic N) is 2. The second kappa shape index (κ2) is 6.05. The zero-order chi connectivity index (χ0) is 11.3. The lowest BCUT2D eigenvalue weighted by Crippen LogP contribution is -2.21. The van der Waals surface area contributed by atoms with Gasteiger partial charge in [0.15, 0.2) is 5.13 Å². The number of thiazole rings is 1. The largest absolute Gasteiger partial charge is 0.360 e. The van der Waals surface area contributed by atoms with Crippen molar-refractivity contribution in [3.8, 4) is 0 Å². The van der Waals surface area contributed by atoms with Gasteiger partial charge in [0.2, 0.25) is 0 Å². The number of hydrogen-bond acceptors (Lipinski definition) is 5. The van der Waals surface area contributed by atoms with Gasteiger partial charge in [-0.15, -0.1) is 11.3 Å². The van der Waals surface area contributed by atoms with Gasteiger partial charge in [0.05, 0.1) is 5.69 Å². The van der Waals surface area contributed by atoms with E-state index in [1.54, 1.807) is 11.3 Å². The van der Waals surface area contributed by atoms with E-state index in [4.69, 9.17) is 5.73 Å². The minimum Gasteiger partial charge on any atom is -0.360 e. The zero-order valence-electron chi connectivity index (χ0n) is 9.66. The molecule has 1 unspecified atom stereocenters. The summed E-state index contributed by atoms with van der Waals surface area (Å²) in [7, 11) is 4.12. The van der Waals surface area contributed by atoms with Crippen LogP contribution in [0.3, 0.4) is 0 Å². The van der Waals surface area contributed by atoms with Gasteiger partial charge in [0.1, 0.15) is 0 Å². The van der Waals surface area contributed by atoms with E-state index in [2.05, 4.69) is 34.7 Å². The molecule has 0 fully saturated rings. The molecule has 0 aliphatic carbocycles. The highest BCUT2D eigenvalue weighted by molar-refractivity contribution is 7.13. The Morgan fingerprint density at radius 3 is 2.93 bits per heavy atom. The van der Waals surface area contributed by atoms with Crippen molar-refractivity contribution >= 4 is 16.5 Å². The molecule has 0 aliphatic heterocycles. The Labute approximate surface area is 95.5 Å². The van der Waals surface area contributed by atoms with E-state index in [9.17, 15) is 0 Å². The first-order chi connectivity index (χ1) is 7.08. The smallest absolute Gasteiger partial charge is 0.182 e. The van der Waals surface area contributed by atoms with Crippen LogP contribution in [0.2, 0.25) is 0 Å². The maximum Gasteiger partial charge on any atom is 0.182 e. The third kappa shape index (κ3) is 5.11. The molecule has 1 heterocycles. The van der Waals surface area contributed by atoms with Gasteiger partial charge in [0.25, 0.3) is 0 Å². The Bertz CT molecular complexity index is 283. The van der Waals surface area contributed by atoms with Crippen molar-refractivity contribution < 1.29 is 0 Å². The SMILES string of the molecule is CC(N)Cc1csc(NCCN(C)C)n1. The summed E-state index contributed by atoms with van der Waals surface area (Å²) in [6.07, 6.45) is 0.853. The fourth-order valence-electron chi connectivity index (χ4n) is 1.20. The number of rotatable bonds is 6. The number of nitrogens with two attached hydrogens (primary N) is 1. The van der Waals surface area contributed by atoms with Gasteiger partial charge in [0, 0.05) is 30.9 Å². The van der Waals surface area contributed by atoms with Crippen molar-refractivity contribution in [3.05, 3.63) is 11.1 Å². The van der Waals surface area contributed by atoms with Crippen molar-refractivity contribution in [3.63, 3.8) is 0 Å². The van der Waals surface area contributed by atoms with Crippen LogP contribution in [0.5, 0.6) is 0 Å². The summed E-state index contributed by atoms with van der Waals surface area (Å²) >= 11 is 1.65. The topological polar surface area (TPSA) is 54.2 Å². The first kappa shape index (κ1) is 12.4. The van der Waals surface area contributed by atoms with Crippen LogP contribution in [0.15, 0.2) is 5.38 Å². The highest BCUT2D eigenvalue weighted by Crippen LogP contribution is 2.15. The summed E-state index contributed by atoms with van der Waals surface area (Å²) in [6.45, 7) is 3.94. The number of aromatic nitrogens is 1. The number of hydrogen-bond donors (Lipinski definition) is 2. The molecule has 0 saturated carbocycles. The van der Waals surface area contributed by atoms with Gasteiger partial charge in [-0.1, -0.05) is 0 Å². The maximum atomic E-state index is 5.71. The lowest BCUT2D eigenvalue weighted by Gasteiger charge is -2.09. The van der Waals surface area contributed by atoms with E-state index in [-0.39, 0.29) is 6.04 Å². The first-order valence-corrected chi connectivity index (χ1v) is 6.04. The third-order valence-corrected chi connectivity index (χ3v) is 2.77. The molecule has 0 aliphatic rings. The average Bonchev–Trinajstić information content (AvgIpc) is 2.50. The van der Waals surface area contributed by atoms with Crippen molar-refractivity contribution in [2.24, 2.45) is 5.73 Å². The van der Waals surface area contributed by atoms with Crippen LogP contribution in [-0.4, -0.2) is 43.1 Å². The number of nitrogens with one attached hydrogen (secondary N) is 1. The lowest BCUT2D eigenvalue weighted by molar-refractivity contribution is 0.425. The van der Waals surface area contributed by atoms with E-state index in [1.807, 2.05) is 6.92 Å². The van der Waals surface area contributed by atoms with E-state index in [0.717, 1.165) is 30.3 Å². The van der Waals surface area contributed by atoms with Crippen LogP contribution in [0.1, 0.15) is 12.6 Å². The minimum absolute atomic E-state index is 0.182. The molecular weight excluding hydrogens is 208 g/mol. The second-order valence-electron chi connectivity index (χ2n) is 4.06. The Kier molecular flexibility index (Phi) is 5.01. The fraction of sp³-hybridized carbons (Fsp3) is 0.700. The summed E-state index contributed by atoms with van der Waals surface area (Å²) in [5, 5.41) is 6.36. The fourth-order valence-corrected chi connectivity index (χ4v) is 1.95. The summed E-state index contributed by atoms with van der Waals surface area (Å²) in [6, 6.07) is 0.182. The van der Waals surface area contributed by atoms with Crippen LogP contribution in [-0.2, 0) is 6.42 Å². The molecular formula is C10H20N4S. The Morgan fingerprint density at radius 2 is 2.33 bits per heavy atom. The van der Waals surface area contributed by atoms with Crippen molar-refractivity contribution in [1.29, 1.82) is 0 Å². The van der Waals surface area contributed by atoms with Crippen LogP contribution in [0.25, 0.3) is 0 Å². The monoisotopic (exact) mass is 228 g/mol. The summed E-state index contributed by atoms with van der Waals surface area (Å²) in [4.78, 5) is 6.60. The molecule has 5 heteroatoms. The lowest BCUT2D eigenvalue weighted by atomic mass is 10.2. The summed E-state index contributed by atoms with van der Waals surface area (Å²) in [5.41, 5.74) is 6.80. The Morgan fingerprint density at radius 1 is 1.60 bits per heavy atom. The normalized spacial score (nSPS) is 13.1. The van der Waals surface area contributed by atoms with Gasteiger partial charge >= 0.3 is 0 Å². The number of anilines is 1. The Hall–Kier alpha value is -0.650. The molecule has 0 aromatic carbocycles. The highest BCUT2D eigenvalue weighted by Gasteiger charge is 2.03. The predicted octanol–water partition coefficient (Wildman–Crippen LogP) is 1.01. The molecule has 0 amide bonds.